The summed E-state index contributed by atoms with van der Waals surface area (Å²) in [4.78, 5) is 0. The number of nitrogens with one attached hydrogen (secondary N) is 1. The Balaban J connectivity index is 0.00000128. The van der Waals surface area contributed by atoms with Gasteiger partial charge in [-0.25, -0.2) is 8.78 Å². The molecule has 1 heterocycles. The van der Waals surface area contributed by atoms with E-state index in [9.17, 15) is 8.78 Å². The monoisotopic (exact) mass is 311 g/mol. The highest BCUT2D eigenvalue weighted by Gasteiger charge is 2.34. The van der Waals surface area contributed by atoms with E-state index in [2.05, 4.69) is 21.2 Å². The van der Waals surface area contributed by atoms with Crippen molar-refractivity contribution in [2.45, 2.75) is 12.3 Å². The second-order valence-electron chi connectivity index (χ2n) is 3.81. The Bertz CT molecular complexity index is 331. The summed E-state index contributed by atoms with van der Waals surface area (Å²) in [5.74, 6) is -0.607. The van der Waals surface area contributed by atoms with Crippen LogP contribution in [0.15, 0.2) is 28.7 Å². The molecule has 1 aliphatic heterocycles. The largest absolute Gasteiger partial charge is 0.316 e. The third kappa shape index (κ3) is 2.93. The fourth-order valence-corrected chi connectivity index (χ4v) is 2.30. The second-order valence-corrected chi connectivity index (χ2v) is 4.73. The Hall–Kier alpha value is -0.190. The molecule has 5 heteroatoms. The summed E-state index contributed by atoms with van der Waals surface area (Å²) < 4.78 is 26.4. The third-order valence-electron chi connectivity index (χ3n) is 2.88. The van der Waals surface area contributed by atoms with Crippen LogP contribution in [-0.2, 0) is 0 Å². The van der Waals surface area contributed by atoms with Crippen molar-refractivity contribution in [1.82, 2.24) is 5.32 Å². The van der Waals surface area contributed by atoms with Gasteiger partial charge in [0.15, 0.2) is 0 Å². The molecule has 90 valence electrons. The van der Waals surface area contributed by atoms with Crippen LogP contribution in [0.4, 0.5) is 8.78 Å². The van der Waals surface area contributed by atoms with E-state index in [0.717, 1.165) is 10.0 Å². The standard InChI is InChI=1S/C11H12BrF2N.ClH/c12-8-3-1-7(2-4-8)9-5-15-6-10(9)11(13)14;/h1-4,9-11,15H,5-6H2;1H. The van der Waals surface area contributed by atoms with Crippen molar-refractivity contribution in [2.24, 2.45) is 5.92 Å². The lowest BCUT2D eigenvalue weighted by Crippen LogP contribution is -2.19. The quantitative estimate of drug-likeness (QED) is 0.882. The van der Waals surface area contributed by atoms with Gasteiger partial charge in [0.25, 0.3) is 0 Å². The summed E-state index contributed by atoms with van der Waals surface area (Å²) in [5.41, 5.74) is 0.994. The van der Waals surface area contributed by atoms with E-state index in [4.69, 9.17) is 0 Å². The summed E-state index contributed by atoms with van der Waals surface area (Å²) in [6.45, 7) is 1.06. The lowest BCUT2D eigenvalue weighted by Gasteiger charge is -2.17. The molecule has 0 aliphatic carbocycles. The molecule has 1 aromatic carbocycles. The van der Waals surface area contributed by atoms with Gasteiger partial charge in [-0.1, -0.05) is 28.1 Å². The second kappa shape index (κ2) is 5.94. The molecule has 1 nitrogen and oxygen atoms in total. The van der Waals surface area contributed by atoms with Gasteiger partial charge < -0.3 is 5.32 Å². The number of alkyl halides is 2. The number of halogens is 4. The topological polar surface area (TPSA) is 12.0 Å². The van der Waals surface area contributed by atoms with Crippen LogP contribution in [0.25, 0.3) is 0 Å². The van der Waals surface area contributed by atoms with Crippen LogP contribution >= 0.6 is 28.3 Å². The van der Waals surface area contributed by atoms with Crippen molar-refractivity contribution in [3.05, 3.63) is 34.3 Å². The summed E-state index contributed by atoms with van der Waals surface area (Å²) in [6.07, 6.45) is -2.24. The third-order valence-corrected chi connectivity index (χ3v) is 3.41. The number of hydrogen-bond donors (Lipinski definition) is 1. The van der Waals surface area contributed by atoms with Crippen LogP contribution < -0.4 is 5.32 Å². The lowest BCUT2D eigenvalue weighted by atomic mass is 9.89. The molecule has 0 amide bonds. The molecule has 2 unspecified atom stereocenters. The first-order valence-corrected chi connectivity index (χ1v) is 5.72. The molecule has 2 atom stereocenters. The molecule has 0 radical (unpaired) electrons. The normalized spacial score (nSPS) is 24.5. The van der Waals surface area contributed by atoms with E-state index in [1.54, 1.807) is 0 Å². The first-order chi connectivity index (χ1) is 7.18. The van der Waals surface area contributed by atoms with E-state index in [0.29, 0.717) is 13.1 Å². The van der Waals surface area contributed by atoms with E-state index in [1.807, 2.05) is 24.3 Å². The zero-order chi connectivity index (χ0) is 10.8. The van der Waals surface area contributed by atoms with Gasteiger partial charge in [0.2, 0.25) is 6.43 Å². The SMILES string of the molecule is Cl.FC(F)C1CNCC1c1ccc(Br)cc1. The van der Waals surface area contributed by atoms with Crippen LogP contribution in [0.1, 0.15) is 11.5 Å². The number of hydrogen-bond acceptors (Lipinski definition) is 1. The Kier molecular flexibility index (Phi) is 5.15. The highest BCUT2D eigenvalue weighted by atomic mass is 79.9. The molecule has 1 aromatic rings. The highest BCUT2D eigenvalue weighted by molar-refractivity contribution is 9.10. The van der Waals surface area contributed by atoms with Crippen LogP contribution in [0.2, 0.25) is 0 Å². The first kappa shape index (κ1) is 13.9. The van der Waals surface area contributed by atoms with Gasteiger partial charge in [-0.15, -0.1) is 12.4 Å². The Morgan fingerprint density at radius 1 is 1.19 bits per heavy atom. The summed E-state index contributed by atoms with van der Waals surface area (Å²) in [6, 6.07) is 7.63. The minimum absolute atomic E-state index is 0. The fraction of sp³-hybridized carbons (Fsp3) is 0.455. The van der Waals surface area contributed by atoms with Gasteiger partial charge in [0.05, 0.1) is 0 Å². The number of benzene rings is 1. The summed E-state index contributed by atoms with van der Waals surface area (Å²) >= 11 is 3.33. The van der Waals surface area contributed by atoms with Crippen molar-refractivity contribution >= 4 is 28.3 Å². The molecule has 0 bridgehead atoms. The van der Waals surface area contributed by atoms with E-state index >= 15 is 0 Å². The molecule has 0 spiro atoms. The van der Waals surface area contributed by atoms with E-state index in [-0.39, 0.29) is 18.3 Å². The van der Waals surface area contributed by atoms with Crippen molar-refractivity contribution in [1.29, 1.82) is 0 Å². The molecule has 0 aromatic heterocycles. The minimum Gasteiger partial charge on any atom is -0.316 e. The van der Waals surface area contributed by atoms with Gasteiger partial charge in [-0.05, 0) is 17.7 Å². The zero-order valence-electron chi connectivity index (χ0n) is 8.50. The van der Waals surface area contributed by atoms with Crippen molar-refractivity contribution < 1.29 is 8.78 Å². The molecule has 1 aliphatic rings. The zero-order valence-corrected chi connectivity index (χ0v) is 10.9. The summed E-state index contributed by atoms with van der Waals surface area (Å²) in [7, 11) is 0. The molecule has 2 rings (SSSR count). The van der Waals surface area contributed by atoms with Crippen molar-refractivity contribution in [3.63, 3.8) is 0 Å². The maximum atomic E-state index is 12.7. The Morgan fingerprint density at radius 2 is 1.81 bits per heavy atom. The highest BCUT2D eigenvalue weighted by Crippen LogP contribution is 2.32. The van der Waals surface area contributed by atoms with Crippen LogP contribution in [0.5, 0.6) is 0 Å². The fourth-order valence-electron chi connectivity index (χ4n) is 2.04. The van der Waals surface area contributed by atoms with Gasteiger partial charge in [-0.3, -0.25) is 0 Å². The van der Waals surface area contributed by atoms with Crippen molar-refractivity contribution in [2.75, 3.05) is 13.1 Å². The Morgan fingerprint density at radius 3 is 2.38 bits per heavy atom. The van der Waals surface area contributed by atoms with Crippen LogP contribution in [-0.4, -0.2) is 19.5 Å². The Labute approximate surface area is 108 Å². The molecule has 0 saturated carbocycles. The van der Waals surface area contributed by atoms with Gasteiger partial charge in [0.1, 0.15) is 0 Å². The smallest absolute Gasteiger partial charge is 0.243 e. The van der Waals surface area contributed by atoms with Gasteiger partial charge in [0, 0.05) is 29.4 Å². The maximum absolute atomic E-state index is 12.7. The first-order valence-electron chi connectivity index (χ1n) is 4.93. The summed E-state index contributed by atoms with van der Waals surface area (Å²) in [5, 5.41) is 3.03. The number of rotatable bonds is 2. The van der Waals surface area contributed by atoms with Crippen LogP contribution in [0.3, 0.4) is 0 Å². The predicted molar refractivity (Wildman–Crippen MR) is 66.5 cm³/mol. The average molecular weight is 313 g/mol. The lowest BCUT2D eigenvalue weighted by molar-refractivity contribution is 0.0788. The van der Waals surface area contributed by atoms with Gasteiger partial charge >= 0.3 is 0 Å². The van der Waals surface area contributed by atoms with Gasteiger partial charge in [-0.2, -0.15) is 0 Å². The van der Waals surface area contributed by atoms with Crippen LogP contribution in [0, 0.1) is 5.92 Å². The van der Waals surface area contributed by atoms with E-state index in [1.165, 1.54) is 0 Å². The predicted octanol–water partition coefficient (Wildman–Crippen LogP) is 3.44. The van der Waals surface area contributed by atoms with E-state index < -0.39 is 12.3 Å². The maximum Gasteiger partial charge on any atom is 0.243 e. The molecule has 1 N–H and O–H groups in total. The molecule has 16 heavy (non-hydrogen) atoms. The molecular weight excluding hydrogens is 299 g/mol. The molecule has 1 fully saturated rings. The van der Waals surface area contributed by atoms with Crippen molar-refractivity contribution in [3.8, 4) is 0 Å². The minimum atomic E-state index is -2.24. The molecular formula is C11H13BrClF2N. The molecule has 1 saturated heterocycles. The average Bonchev–Trinajstić information content (AvgIpc) is 2.67.